The molecule has 0 bridgehead atoms. The van der Waals surface area contributed by atoms with Gasteiger partial charge in [-0.25, -0.2) is 4.98 Å². The van der Waals surface area contributed by atoms with Crippen molar-refractivity contribution in [3.05, 3.63) is 21.6 Å². The summed E-state index contributed by atoms with van der Waals surface area (Å²) in [4.78, 5) is 28.0. The van der Waals surface area contributed by atoms with Gasteiger partial charge >= 0.3 is 5.97 Å². The van der Waals surface area contributed by atoms with E-state index in [0.29, 0.717) is 17.4 Å². The third kappa shape index (κ3) is 4.46. The van der Waals surface area contributed by atoms with Crippen LogP contribution in [0.2, 0.25) is 0 Å². The van der Waals surface area contributed by atoms with Crippen molar-refractivity contribution >= 4 is 51.5 Å². The van der Waals surface area contributed by atoms with Gasteiger partial charge in [0, 0.05) is 5.38 Å². The van der Waals surface area contributed by atoms with Crippen LogP contribution in [0.1, 0.15) is 26.5 Å². The number of rotatable bonds is 6. The predicted molar refractivity (Wildman–Crippen MR) is 91.6 cm³/mol. The topological polar surface area (TPSA) is 68.3 Å². The van der Waals surface area contributed by atoms with Crippen molar-refractivity contribution in [1.29, 1.82) is 0 Å². The second kappa shape index (κ2) is 7.20. The van der Waals surface area contributed by atoms with Crippen molar-refractivity contribution in [2.24, 2.45) is 17.3 Å². The summed E-state index contributed by atoms with van der Waals surface area (Å²) in [7, 11) is 0. The van der Waals surface area contributed by atoms with Crippen LogP contribution in [0.3, 0.4) is 0 Å². The number of esters is 1. The van der Waals surface area contributed by atoms with Crippen molar-refractivity contribution in [2.45, 2.75) is 27.2 Å². The van der Waals surface area contributed by atoms with Crippen LogP contribution in [0, 0.1) is 17.3 Å². The molecule has 1 aromatic heterocycles. The number of hydrogen-bond donors (Lipinski definition) is 1. The standard InChI is InChI=1S/C15H18Cl2N2O3S/c1-4-22-11(20)5-8-7-23-14(18-8)19-13(21)12-9(6-10(16)17)15(12,2)3/h6-7,9,12H,4-5H2,1-3H3,(H,18,19,21). The van der Waals surface area contributed by atoms with Crippen LogP contribution in [0.15, 0.2) is 15.9 Å². The van der Waals surface area contributed by atoms with Gasteiger partial charge in [0.25, 0.3) is 0 Å². The van der Waals surface area contributed by atoms with Crippen LogP contribution in [-0.4, -0.2) is 23.5 Å². The first kappa shape index (κ1) is 18.2. The lowest BCUT2D eigenvalue weighted by molar-refractivity contribution is -0.142. The van der Waals surface area contributed by atoms with Gasteiger partial charge in [-0.05, 0) is 24.3 Å². The van der Waals surface area contributed by atoms with Crippen molar-refractivity contribution in [1.82, 2.24) is 4.98 Å². The number of thiazole rings is 1. The van der Waals surface area contributed by atoms with Gasteiger partial charge in [0.2, 0.25) is 5.91 Å². The largest absolute Gasteiger partial charge is 0.466 e. The lowest BCUT2D eigenvalue weighted by Crippen LogP contribution is -2.17. The van der Waals surface area contributed by atoms with Gasteiger partial charge in [0.15, 0.2) is 5.13 Å². The van der Waals surface area contributed by atoms with Crippen molar-refractivity contribution in [3.8, 4) is 0 Å². The first-order valence-electron chi connectivity index (χ1n) is 7.19. The third-order valence-corrected chi connectivity index (χ3v) is 4.97. The molecule has 2 atom stereocenters. The minimum Gasteiger partial charge on any atom is -0.466 e. The summed E-state index contributed by atoms with van der Waals surface area (Å²) < 4.78 is 5.04. The van der Waals surface area contributed by atoms with E-state index in [1.807, 2.05) is 13.8 Å². The van der Waals surface area contributed by atoms with Gasteiger partial charge in [0.1, 0.15) is 4.49 Å². The Kier molecular flexibility index (Phi) is 5.70. The molecule has 1 heterocycles. The average molecular weight is 377 g/mol. The smallest absolute Gasteiger partial charge is 0.311 e. The summed E-state index contributed by atoms with van der Waals surface area (Å²) in [5.74, 6) is -0.650. The summed E-state index contributed by atoms with van der Waals surface area (Å²) in [5.41, 5.74) is 0.392. The zero-order valence-corrected chi connectivity index (χ0v) is 15.4. The molecule has 2 unspecified atom stereocenters. The molecule has 0 spiro atoms. The highest BCUT2D eigenvalue weighted by Gasteiger charge is 2.60. The molecule has 1 aliphatic rings. The Balaban J connectivity index is 1.95. The second-order valence-electron chi connectivity index (χ2n) is 5.90. The van der Waals surface area contributed by atoms with E-state index >= 15 is 0 Å². The predicted octanol–water partition coefficient (Wildman–Crippen LogP) is 3.78. The fourth-order valence-electron chi connectivity index (χ4n) is 2.61. The van der Waals surface area contributed by atoms with Crippen molar-refractivity contribution < 1.29 is 14.3 Å². The van der Waals surface area contributed by atoms with E-state index < -0.39 is 0 Å². The number of amides is 1. The average Bonchev–Trinajstić information content (AvgIpc) is 2.77. The van der Waals surface area contributed by atoms with Crippen LogP contribution in [0.5, 0.6) is 0 Å². The molecule has 0 radical (unpaired) electrons. The quantitative estimate of drug-likeness (QED) is 0.767. The zero-order valence-electron chi connectivity index (χ0n) is 13.1. The minimum atomic E-state index is -0.332. The Morgan fingerprint density at radius 3 is 2.78 bits per heavy atom. The lowest BCUT2D eigenvalue weighted by atomic mass is 10.1. The van der Waals surface area contributed by atoms with Crippen molar-refractivity contribution in [2.75, 3.05) is 11.9 Å². The molecule has 5 nitrogen and oxygen atoms in total. The van der Waals surface area contributed by atoms with E-state index in [4.69, 9.17) is 27.9 Å². The summed E-state index contributed by atoms with van der Waals surface area (Å²) in [5, 5.41) is 4.99. The van der Waals surface area contributed by atoms with E-state index in [0.717, 1.165) is 0 Å². The molecule has 126 valence electrons. The molecule has 8 heteroatoms. The molecular formula is C15H18Cl2N2O3S. The fourth-order valence-corrected chi connectivity index (χ4v) is 3.60. The number of allylic oxidation sites excluding steroid dienone is 1. The van der Waals surface area contributed by atoms with Gasteiger partial charge in [0.05, 0.1) is 24.6 Å². The lowest BCUT2D eigenvalue weighted by Gasteiger charge is -2.02. The Hall–Kier alpha value is -1.11. The van der Waals surface area contributed by atoms with E-state index in [-0.39, 0.29) is 40.0 Å². The van der Waals surface area contributed by atoms with Gasteiger partial charge in [-0.1, -0.05) is 37.0 Å². The van der Waals surface area contributed by atoms with E-state index in [1.165, 1.54) is 11.3 Å². The normalized spacial score (nSPS) is 21.4. The number of aromatic nitrogens is 1. The van der Waals surface area contributed by atoms with E-state index in [2.05, 4.69) is 10.3 Å². The second-order valence-corrected chi connectivity index (χ2v) is 7.76. The first-order chi connectivity index (χ1) is 10.8. The number of carbonyl (C=O) groups excluding carboxylic acids is 2. The number of hydrogen-bond acceptors (Lipinski definition) is 5. The molecule has 1 fully saturated rings. The molecule has 1 aliphatic carbocycles. The highest BCUT2D eigenvalue weighted by molar-refractivity contribution is 7.13. The minimum absolute atomic E-state index is 0.00599. The van der Waals surface area contributed by atoms with Crippen molar-refractivity contribution in [3.63, 3.8) is 0 Å². The van der Waals surface area contributed by atoms with E-state index in [1.54, 1.807) is 18.4 Å². The van der Waals surface area contributed by atoms with E-state index in [9.17, 15) is 9.59 Å². The molecule has 1 aromatic rings. The van der Waals surface area contributed by atoms with Gasteiger partial charge in [-0.3, -0.25) is 9.59 Å². The molecule has 1 saturated carbocycles. The summed E-state index contributed by atoms with van der Waals surface area (Å²) >= 11 is 12.7. The van der Waals surface area contributed by atoms with Crippen LogP contribution in [0.4, 0.5) is 5.13 Å². The monoisotopic (exact) mass is 376 g/mol. The molecule has 1 N–H and O–H groups in total. The van der Waals surface area contributed by atoms with Crippen LogP contribution >= 0.6 is 34.5 Å². The molecule has 1 amide bonds. The number of halogens is 2. The van der Waals surface area contributed by atoms with Gasteiger partial charge in [-0.2, -0.15) is 0 Å². The SMILES string of the molecule is CCOC(=O)Cc1csc(NC(=O)C2C(C=C(Cl)Cl)C2(C)C)n1. The van der Waals surface area contributed by atoms with Gasteiger partial charge in [-0.15, -0.1) is 11.3 Å². The molecule has 23 heavy (non-hydrogen) atoms. The molecule has 0 aliphatic heterocycles. The summed E-state index contributed by atoms with van der Waals surface area (Å²) in [6.07, 6.45) is 1.80. The maximum atomic E-state index is 12.4. The molecular weight excluding hydrogens is 359 g/mol. The maximum absolute atomic E-state index is 12.4. The summed E-state index contributed by atoms with van der Waals surface area (Å²) in [6.45, 7) is 6.06. The highest BCUT2D eigenvalue weighted by atomic mass is 35.5. The molecule has 0 saturated heterocycles. The number of ether oxygens (including phenoxy) is 1. The number of nitrogens with zero attached hydrogens (tertiary/aromatic N) is 1. The number of carbonyl (C=O) groups is 2. The molecule has 0 aromatic carbocycles. The first-order valence-corrected chi connectivity index (χ1v) is 8.83. The van der Waals surface area contributed by atoms with Gasteiger partial charge < -0.3 is 10.1 Å². The van der Waals surface area contributed by atoms with Crippen LogP contribution in [-0.2, 0) is 20.7 Å². The third-order valence-electron chi connectivity index (χ3n) is 3.91. The fraction of sp³-hybridized carbons (Fsp3) is 0.533. The van der Waals surface area contributed by atoms with Crippen LogP contribution in [0.25, 0.3) is 0 Å². The highest BCUT2D eigenvalue weighted by Crippen LogP contribution is 2.60. The maximum Gasteiger partial charge on any atom is 0.311 e. The zero-order chi connectivity index (χ0) is 17.2. The Bertz CT molecular complexity index is 638. The molecule has 2 rings (SSSR count). The number of nitrogens with one attached hydrogen (secondary N) is 1. The number of anilines is 1. The summed E-state index contributed by atoms with van der Waals surface area (Å²) in [6, 6.07) is 0. The Labute approximate surface area is 149 Å². The Morgan fingerprint density at radius 2 is 2.17 bits per heavy atom. The van der Waals surface area contributed by atoms with Crippen LogP contribution < -0.4 is 5.32 Å². The Morgan fingerprint density at radius 1 is 1.48 bits per heavy atom.